The molecule has 2 amide bonds. The Morgan fingerprint density at radius 2 is 2.39 bits per heavy atom. The maximum Gasteiger partial charge on any atom is 0.249 e. The molecule has 0 aliphatic carbocycles. The summed E-state index contributed by atoms with van der Waals surface area (Å²) in [5.74, 6) is -0.0995. The van der Waals surface area contributed by atoms with Crippen molar-refractivity contribution in [2.75, 3.05) is 11.4 Å². The number of amides is 2. The van der Waals surface area contributed by atoms with Crippen LogP contribution in [0.15, 0.2) is 29.9 Å². The van der Waals surface area contributed by atoms with Gasteiger partial charge in [-0.3, -0.25) is 14.3 Å². The monoisotopic (exact) mass is 332 g/mol. The van der Waals surface area contributed by atoms with E-state index in [0.717, 1.165) is 18.5 Å². The number of anilines is 1. The van der Waals surface area contributed by atoms with Crippen LogP contribution in [0, 0.1) is 0 Å². The highest BCUT2D eigenvalue weighted by Crippen LogP contribution is 2.20. The normalized spacial score (nSPS) is 17.7. The van der Waals surface area contributed by atoms with Crippen LogP contribution in [0.2, 0.25) is 0 Å². The molecular formula is C16H20N4O2S. The zero-order valence-corrected chi connectivity index (χ0v) is 13.9. The maximum absolute atomic E-state index is 12.4. The van der Waals surface area contributed by atoms with Gasteiger partial charge in [0.2, 0.25) is 11.8 Å². The van der Waals surface area contributed by atoms with E-state index >= 15 is 0 Å². The standard InChI is InChI=1S/C16H20N4O2S/c1-19-11-12(10-17-19)20-8-7-14(16(20)22)18-15(21)6-2-4-13-5-3-9-23-13/h3,5,9-11,14H,2,4,6-8H2,1H3,(H,18,21)/t14-/m0/s1. The van der Waals surface area contributed by atoms with Gasteiger partial charge in [-0.15, -0.1) is 11.3 Å². The molecule has 1 saturated heterocycles. The average molecular weight is 332 g/mol. The zero-order chi connectivity index (χ0) is 16.2. The molecule has 6 nitrogen and oxygen atoms in total. The number of nitrogens with one attached hydrogen (secondary N) is 1. The zero-order valence-electron chi connectivity index (χ0n) is 13.1. The fourth-order valence-corrected chi connectivity index (χ4v) is 3.51. The Bertz CT molecular complexity index is 680. The highest BCUT2D eigenvalue weighted by molar-refractivity contribution is 7.09. The second-order valence-corrected chi connectivity index (χ2v) is 6.74. The minimum Gasteiger partial charge on any atom is -0.344 e. The van der Waals surface area contributed by atoms with Gasteiger partial charge in [-0.2, -0.15) is 5.10 Å². The highest BCUT2D eigenvalue weighted by Gasteiger charge is 2.33. The number of aromatic nitrogens is 2. The molecule has 0 unspecified atom stereocenters. The van der Waals surface area contributed by atoms with E-state index in [1.54, 1.807) is 27.1 Å². The van der Waals surface area contributed by atoms with E-state index < -0.39 is 6.04 Å². The summed E-state index contributed by atoms with van der Waals surface area (Å²) in [6, 6.07) is 3.68. The number of carbonyl (C=O) groups excluding carboxylic acids is 2. The summed E-state index contributed by atoms with van der Waals surface area (Å²) in [6.07, 6.45) is 6.29. The lowest BCUT2D eigenvalue weighted by Crippen LogP contribution is -2.41. The molecule has 0 saturated carbocycles. The van der Waals surface area contributed by atoms with E-state index in [9.17, 15) is 9.59 Å². The number of hydrogen-bond acceptors (Lipinski definition) is 4. The van der Waals surface area contributed by atoms with Crippen molar-refractivity contribution < 1.29 is 9.59 Å². The van der Waals surface area contributed by atoms with Gasteiger partial charge in [-0.25, -0.2) is 0 Å². The van der Waals surface area contributed by atoms with Gasteiger partial charge in [-0.1, -0.05) is 6.07 Å². The predicted molar refractivity (Wildman–Crippen MR) is 89.4 cm³/mol. The Labute approximate surface area is 139 Å². The predicted octanol–water partition coefficient (Wildman–Crippen LogP) is 1.73. The highest BCUT2D eigenvalue weighted by atomic mass is 32.1. The molecule has 122 valence electrons. The number of hydrogen-bond donors (Lipinski definition) is 1. The third-order valence-electron chi connectivity index (χ3n) is 3.95. The third kappa shape index (κ3) is 3.79. The molecule has 0 radical (unpaired) electrons. The van der Waals surface area contributed by atoms with Gasteiger partial charge in [0.25, 0.3) is 0 Å². The van der Waals surface area contributed by atoms with Crippen LogP contribution in [0.25, 0.3) is 0 Å². The lowest BCUT2D eigenvalue weighted by atomic mass is 10.2. The van der Waals surface area contributed by atoms with Gasteiger partial charge in [0.1, 0.15) is 6.04 Å². The minimum absolute atomic E-state index is 0.0482. The largest absolute Gasteiger partial charge is 0.344 e. The molecule has 0 spiro atoms. The van der Waals surface area contributed by atoms with Gasteiger partial charge in [-0.05, 0) is 30.7 Å². The van der Waals surface area contributed by atoms with Crippen LogP contribution in [0.3, 0.4) is 0 Å². The molecule has 1 aliphatic rings. The summed E-state index contributed by atoms with van der Waals surface area (Å²) in [7, 11) is 1.82. The lowest BCUT2D eigenvalue weighted by Gasteiger charge is -2.15. The summed E-state index contributed by atoms with van der Waals surface area (Å²) >= 11 is 1.71. The van der Waals surface area contributed by atoms with Crippen molar-refractivity contribution in [1.82, 2.24) is 15.1 Å². The Hall–Kier alpha value is -2.15. The molecule has 0 aromatic carbocycles. The van der Waals surface area contributed by atoms with Crippen molar-refractivity contribution in [2.24, 2.45) is 7.05 Å². The van der Waals surface area contributed by atoms with Crippen molar-refractivity contribution in [2.45, 2.75) is 31.7 Å². The Balaban J connectivity index is 1.46. The van der Waals surface area contributed by atoms with E-state index in [2.05, 4.69) is 16.5 Å². The Morgan fingerprint density at radius 1 is 1.52 bits per heavy atom. The Morgan fingerprint density at radius 3 is 3.09 bits per heavy atom. The van der Waals surface area contributed by atoms with Gasteiger partial charge >= 0.3 is 0 Å². The molecule has 1 N–H and O–H groups in total. The van der Waals surface area contributed by atoms with Crippen molar-refractivity contribution >= 4 is 28.8 Å². The molecule has 23 heavy (non-hydrogen) atoms. The van der Waals surface area contributed by atoms with Crippen LogP contribution in [0.5, 0.6) is 0 Å². The summed E-state index contributed by atoms with van der Waals surface area (Å²) < 4.78 is 1.67. The van der Waals surface area contributed by atoms with E-state index in [-0.39, 0.29) is 11.8 Å². The number of rotatable bonds is 6. The number of carbonyl (C=O) groups is 2. The quantitative estimate of drug-likeness (QED) is 0.876. The molecular weight excluding hydrogens is 312 g/mol. The third-order valence-corrected chi connectivity index (χ3v) is 4.89. The van der Waals surface area contributed by atoms with Gasteiger partial charge in [0.15, 0.2) is 0 Å². The first-order chi connectivity index (χ1) is 11.1. The van der Waals surface area contributed by atoms with E-state index in [1.807, 2.05) is 24.7 Å². The van der Waals surface area contributed by atoms with Crippen LogP contribution in [-0.4, -0.2) is 34.2 Å². The van der Waals surface area contributed by atoms with E-state index in [4.69, 9.17) is 0 Å². The molecule has 1 aliphatic heterocycles. The smallest absolute Gasteiger partial charge is 0.249 e. The average Bonchev–Trinajstić information content (AvgIpc) is 3.23. The van der Waals surface area contributed by atoms with Gasteiger partial charge in [0.05, 0.1) is 11.9 Å². The number of aryl methyl sites for hydroxylation is 2. The lowest BCUT2D eigenvalue weighted by molar-refractivity contribution is -0.126. The fraction of sp³-hybridized carbons (Fsp3) is 0.438. The van der Waals surface area contributed by atoms with Crippen molar-refractivity contribution in [3.63, 3.8) is 0 Å². The fourth-order valence-electron chi connectivity index (χ4n) is 2.76. The van der Waals surface area contributed by atoms with E-state index in [0.29, 0.717) is 19.4 Å². The molecule has 2 aromatic rings. The molecule has 0 bridgehead atoms. The van der Waals surface area contributed by atoms with Crippen LogP contribution in [0.4, 0.5) is 5.69 Å². The minimum atomic E-state index is -0.413. The molecule has 1 fully saturated rings. The topological polar surface area (TPSA) is 67.2 Å². The summed E-state index contributed by atoms with van der Waals surface area (Å²) in [5, 5.41) is 8.99. The second kappa shape index (κ2) is 6.95. The van der Waals surface area contributed by atoms with Crippen LogP contribution in [0.1, 0.15) is 24.1 Å². The van der Waals surface area contributed by atoms with Crippen LogP contribution >= 0.6 is 11.3 Å². The molecule has 2 aromatic heterocycles. The van der Waals surface area contributed by atoms with Gasteiger partial charge in [0, 0.05) is 31.1 Å². The Kier molecular flexibility index (Phi) is 4.76. The van der Waals surface area contributed by atoms with Crippen LogP contribution in [-0.2, 0) is 23.1 Å². The molecule has 3 heterocycles. The second-order valence-electron chi connectivity index (χ2n) is 5.70. The summed E-state index contributed by atoms with van der Waals surface area (Å²) in [5.41, 5.74) is 0.784. The molecule has 1 atom stereocenters. The molecule has 3 rings (SSSR count). The van der Waals surface area contributed by atoms with Crippen molar-refractivity contribution in [3.05, 3.63) is 34.8 Å². The summed E-state index contributed by atoms with van der Waals surface area (Å²) in [6.45, 7) is 0.616. The number of nitrogens with zero attached hydrogens (tertiary/aromatic N) is 3. The van der Waals surface area contributed by atoms with Crippen molar-refractivity contribution in [3.8, 4) is 0 Å². The molecule has 7 heteroatoms. The van der Waals surface area contributed by atoms with Crippen molar-refractivity contribution in [1.29, 1.82) is 0 Å². The first kappa shape index (κ1) is 15.7. The maximum atomic E-state index is 12.4. The SMILES string of the molecule is Cn1cc(N2CC[C@H](NC(=O)CCCc3cccs3)C2=O)cn1. The first-order valence-corrected chi connectivity index (χ1v) is 8.63. The van der Waals surface area contributed by atoms with Gasteiger partial charge < -0.3 is 10.2 Å². The number of thiophene rings is 1. The van der Waals surface area contributed by atoms with Crippen LogP contribution < -0.4 is 10.2 Å². The first-order valence-electron chi connectivity index (χ1n) is 7.75. The summed E-state index contributed by atoms with van der Waals surface area (Å²) in [4.78, 5) is 27.4. The van der Waals surface area contributed by atoms with E-state index in [1.165, 1.54) is 4.88 Å².